The third-order valence-electron chi connectivity index (χ3n) is 4.70. The van der Waals surface area contributed by atoms with E-state index < -0.39 is 10.0 Å². The molecule has 0 aliphatic heterocycles. The van der Waals surface area contributed by atoms with E-state index in [0.29, 0.717) is 24.6 Å². The fourth-order valence-electron chi connectivity index (χ4n) is 3.18. The van der Waals surface area contributed by atoms with Crippen LogP contribution >= 0.6 is 11.8 Å². The number of nitrogens with zero attached hydrogens (tertiary/aromatic N) is 3. The summed E-state index contributed by atoms with van der Waals surface area (Å²) in [4.78, 5) is 0. The number of rotatable bonds is 10. The van der Waals surface area contributed by atoms with E-state index in [0.717, 1.165) is 28.0 Å². The van der Waals surface area contributed by atoms with Crippen molar-refractivity contribution in [1.29, 1.82) is 0 Å². The second-order valence-corrected chi connectivity index (χ2v) is 10.3. The van der Waals surface area contributed by atoms with Crippen molar-refractivity contribution >= 4 is 21.8 Å². The molecule has 1 N–H and O–H groups in total. The second-order valence-electron chi connectivity index (χ2n) is 7.45. The SMILES string of the molecule is COc1ccc(-c2nnc(SCCCNS(C)(=O)=O)n2-c2ccccc2C(C)C)cc1. The van der Waals surface area contributed by atoms with Crippen LogP contribution in [0.1, 0.15) is 31.7 Å². The number of ether oxygens (including phenoxy) is 1. The van der Waals surface area contributed by atoms with E-state index in [-0.39, 0.29) is 0 Å². The van der Waals surface area contributed by atoms with Crippen molar-refractivity contribution in [2.24, 2.45) is 0 Å². The fourth-order valence-corrected chi connectivity index (χ4v) is 4.58. The zero-order chi connectivity index (χ0) is 22.4. The molecular weight excluding hydrogens is 432 g/mol. The molecule has 0 aliphatic carbocycles. The van der Waals surface area contributed by atoms with Gasteiger partial charge >= 0.3 is 0 Å². The average Bonchev–Trinajstić information content (AvgIpc) is 3.16. The van der Waals surface area contributed by atoms with Gasteiger partial charge in [-0.3, -0.25) is 4.57 Å². The number of nitrogens with one attached hydrogen (secondary N) is 1. The largest absolute Gasteiger partial charge is 0.497 e. The summed E-state index contributed by atoms with van der Waals surface area (Å²) in [6.07, 6.45) is 1.86. The van der Waals surface area contributed by atoms with E-state index in [2.05, 4.69) is 45.5 Å². The van der Waals surface area contributed by atoms with Crippen LogP contribution < -0.4 is 9.46 Å². The van der Waals surface area contributed by atoms with E-state index in [4.69, 9.17) is 4.74 Å². The number of benzene rings is 2. The summed E-state index contributed by atoms with van der Waals surface area (Å²) in [7, 11) is -1.53. The maximum absolute atomic E-state index is 11.3. The van der Waals surface area contributed by atoms with E-state index >= 15 is 0 Å². The standard InChI is InChI=1S/C22H28N4O3S2/c1-16(2)19-8-5-6-9-20(19)26-21(17-10-12-18(29-3)13-11-17)24-25-22(26)30-15-7-14-23-31(4,27)28/h5-6,8-13,16,23H,7,14-15H2,1-4H3. The zero-order valence-electron chi connectivity index (χ0n) is 18.2. The van der Waals surface area contributed by atoms with Gasteiger partial charge in [-0.05, 0) is 48.2 Å². The molecule has 0 atom stereocenters. The molecule has 0 radical (unpaired) electrons. The molecule has 1 aromatic heterocycles. The third-order valence-corrected chi connectivity index (χ3v) is 6.44. The molecule has 166 valence electrons. The summed E-state index contributed by atoms with van der Waals surface area (Å²) in [5.41, 5.74) is 3.19. The molecule has 2 aromatic carbocycles. The Morgan fingerprint density at radius 2 is 1.81 bits per heavy atom. The molecular formula is C22H28N4O3S2. The summed E-state index contributed by atoms with van der Waals surface area (Å²) < 4.78 is 32.4. The maximum atomic E-state index is 11.3. The van der Waals surface area contributed by atoms with Crippen LogP contribution in [0.25, 0.3) is 17.1 Å². The number of thioether (sulfide) groups is 1. The minimum Gasteiger partial charge on any atom is -0.497 e. The van der Waals surface area contributed by atoms with Crippen molar-refractivity contribution in [2.45, 2.75) is 31.3 Å². The van der Waals surface area contributed by atoms with Gasteiger partial charge < -0.3 is 4.74 Å². The van der Waals surface area contributed by atoms with Gasteiger partial charge in [0.2, 0.25) is 10.0 Å². The highest BCUT2D eigenvalue weighted by molar-refractivity contribution is 7.99. The van der Waals surface area contributed by atoms with Crippen molar-refractivity contribution in [3.05, 3.63) is 54.1 Å². The number of para-hydroxylation sites is 1. The molecule has 0 fully saturated rings. The van der Waals surface area contributed by atoms with Gasteiger partial charge in [0.05, 0.1) is 19.1 Å². The van der Waals surface area contributed by atoms with E-state index in [1.807, 2.05) is 36.4 Å². The molecule has 0 saturated carbocycles. The van der Waals surface area contributed by atoms with Gasteiger partial charge in [-0.15, -0.1) is 10.2 Å². The van der Waals surface area contributed by atoms with Gasteiger partial charge in [-0.25, -0.2) is 13.1 Å². The third kappa shape index (κ3) is 6.09. The summed E-state index contributed by atoms with van der Waals surface area (Å²) >= 11 is 1.57. The molecule has 0 bridgehead atoms. The van der Waals surface area contributed by atoms with Crippen LogP contribution in [-0.2, 0) is 10.0 Å². The first-order chi connectivity index (χ1) is 14.8. The number of hydrogen-bond donors (Lipinski definition) is 1. The lowest BCUT2D eigenvalue weighted by Crippen LogP contribution is -2.23. The lowest BCUT2D eigenvalue weighted by Gasteiger charge is -2.17. The van der Waals surface area contributed by atoms with Crippen LogP contribution in [0.3, 0.4) is 0 Å². The first-order valence-electron chi connectivity index (χ1n) is 10.1. The lowest BCUT2D eigenvalue weighted by atomic mass is 10.0. The maximum Gasteiger partial charge on any atom is 0.208 e. The Balaban J connectivity index is 1.95. The minimum atomic E-state index is -3.18. The zero-order valence-corrected chi connectivity index (χ0v) is 19.8. The van der Waals surface area contributed by atoms with Crippen molar-refractivity contribution in [3.8, 4) is 22.8 Å². The first-order valence-corrected chi connectivity index (χ1v) is 12.9. The highest BCUT2D eigenvalue weighted by atomic mass is 32.2. The number of sulfonamides is 1. The van der Waals surface area contributed by atoms with Crippen molar-refractivity contribution in [2.75, 3.05) is 25.7 Å². The van der Waals surface area contributed by atoms with E-state index in [1.54, 1.807) is 18.9 Å². The van der Waals surface area contributed by atoms with Crippen LogP contribution in [0.4, 0.5) is 0 Å². The van der Waals surface area contributed by atoms with E-state index in [9.17, 15) is 8.42 Å². The first kappa shape index (κ1) is 23.3. The van der Waals surface area contributed by atoms with Gasteiger partial charge in [0, 0.05) is 17.9 Å². The average molecular weight is 461 g/mol. The number of aromatic nitrogens is 3. The van der Waals surface area contributed by atoms with Gasteiger partial charge in [0.1, 0.15) is 5.75 Å². The van der Waals surface area contributed by atoms with Crippen molar-refractivity contribution in [3.63, 3.8) is 0 Å². The summed E-state index contributed by atoms with van der Waals surface area (Å²) in [6, 6.07) is 16.0. The molecule has 0 spiro atoms. The normalized spacial score (nSPS) is 11.8. The summed E-state index contributed by atoms with van der Waals surface area (Å²) in [5, 5.41) is 9.74. The highest BCUT2D eigenvalue weighted by Gasteiger charge is 2.19. The van der Waals surface area contributed by atoms with Crippen LogP contribution in [-0.4, -0.2) is 48.8 Å². The van der Waals surface area contributed by atoms with Crippen molar-refractivity contribution in [1.82, 2.24) is 19.5 Å². The Morgan fingerprint density at radius 3 is 2.45 bits per heavy atom. The monoisotopic (exact) mass is 460 g/mol. The Labute approximate surface area is 188 Å². The molecule has 0 unspecified atom stereocenters. The molecule has 3 aromatic rings. The summed E-state index contributed by atoms with van der Waals surface area (Å²) in [6.45, 7) is 4.73. The predicted molar refractivity (Wildman–Crippen MR) is 126 cm³/mol. The quantitative estimate of drug-likeness (QED) is 0.362. The topological polar surface area (TPSA) is 86.1 Å². The number of hydrogen-bond acceptors (Lipinski definition) is 6. The number of methoxy groups -OCH3 is 1. The molecule has 9 heteroatoms. The second kappa shape index (κ2) is 10.3. The van der Waals surface area contributed by atoms with Crippen molar-refractivity contribution < 1.29 is 13.2 Å². The Kier molecular flexibility index (Phi) is 7.74. The van der Waals surface area contributed by atoms with Gasteiger partial charge in [0.25, 0.3) is 0 Å². The predicted octanol–water partition coefficient (Wildman–Crippen LogP) is 4.10. The molecule has 3 rings (SSSR count). The molecule has 1 heterocycles. The fraction of sp³-hybridized carbons (Fsp3) is 0.364. The highest BCUT2D eigenvalue weighted by Crippen LogP contribution is 2.32. The minimum absolute atomic E-state index is 0.333. The summed E-state index contributed by atoms with van der Waals surface area (Å²) in [5.74, 6) is 2.59. The Hall–Kier alpha value is -2.36. The molecule has 31 heavy (non-hydrogen) atoms. The van der Waals surface area contributed by atoms with Gasteiger partial charge in [-0.1, -0.05) is 43.8 Å². The van der Waals surface area contributed by atoms with Gasteiger partial charge in [-0.2, -0.15) is 0 Å². The molecule has 7 nitrogen and oxygen atoms in total. The smallest absolute Gasteiger partial charge is 0.208 e. The lowest BCUT2D eigenvalue weighted by molar-refractivity contribution is 0.415. The van der Waals surface area contributed by atoms with Crippen LogP contribution in [0.5, 0.6) is 5.75 Å². The Bertz CT molecular complexity index is 1110. The molecule has 0 saturated heterocycles. The van der Waals surface area contributed by atoms with Crippen LogP contribution in [0.2, 0.25) is 0 Å². The van der Waals surface area contributed by atoms with Gasteiger partial charge in [0.15, 0.2) is 11.0 Å². The Morgan fingerprint density at radius 1 is 1.10 bits per heavy atom. The van der Waals surface area contributed by atoms with Crippen LogP contribution in [0.15, 0.2) is 53.7 Å². The molecule has 0 amide bonds. The van der Waals surface area contributed by atoms with E-state index in [1.165, 1.54) is 11.8 Å². The molecule has 0 aliphatic rings. The van der Waals surface area contributed by atoms with Crippen LogP contribution in [0, 0.1) is 0 Å².